The molecule has 7 nitrogen and oxygen atoms in total. The quantitative estimate of drug-likeness (QED) is 0.480. The number of benzene rings is 2. The summed E-state index contributed by atoms with van der Waals surface area (Å²) < 4.78 is 10.9. The van der Waals surface area contributed by atoms with Gasteiger partial charge in [0.2, 0.25) is 5.71 Å². The molecule has 0 unspecified atom stereocenters. The number of phenols is 1. The van der Waals surface area contributed by atoms with E-state index in [1.54, 1.807) is 18.2 Å². The molecule has 130 valence electrons. The summed E-state index contributed by atoms with van der Waals surface area (Å²) in [6.45, 7) is 0. The molecule has 0 fully saturated rings. The number of hydrogen-bond donors (Lipinski definition) is 3. The highest BCUT2D eigenvalue weighted by Crippen LogP contribution is 2.33. The normalized spacial score (nSPS) is 10.8. The minimum Gasteiger partial charge on any atom is -0.504 e. The Kier molecular flexibility index (Phi) is 3.81. The lowest BCUT2D eigenvalue weighted by Gasteiger charge is -2.08. The summed E-state index contributed by atoms with van der Waals surface area (Å²) >= 11 is 0. The molecule has 0 aliphatic rings. The van der Waals surface area contributed by atoms with Gasteiger partial charge in [-0.1, -0.05) is 0 Å². The SMILES string of the molecule is COc1ccc(Nc2ncnc3oc(-c4ccc(N)cc4)cc23)cc1O. The van der Waals surface area contributed by atoms with Crippen LogP contribution < -0.4 is 15.8 Å². The third-order valence-corrected chi connectivity index (χ3v) is 3.97. The molecule has 0 amide bonds. The van der Waals surface area contributed by atoms with E-state index in [2.05, 4.69) is 15.3 Å². The van der Waals surface area contributed by atoms with E-state index in [0.717, 1.165) is 10.9 Å². The van der Waals surface area contributed by atoms with Gasteiger partial charge in [-0.25, -0.2) is 9.97 Å². The standard InChI is InChI=1S/C19H16N4O3/c1-25-16-7-6-13(8-15(16)24)23-18-14-9-17(26-19(14)22-10-21-18)11-2-4-12(20)5-3-11/h2-10,24H,20H2,1H3,(H,21,22,23). The van der Waals surface area contributed by atoms with Crippen molar-refractivity contribution in [2.45, 2.75) is 0 Å². The van der Waals surface area contributed by atoms with Crippen molar-refractivity contribution >= 4 is 28.3 Å². The van der Waals surface area contributed by atoms with Crippen molar-refractivity contribution in [1.82, 2.24) is 9.97 Å². The number of methoxy groups -OCH3 is 1. The molecule has 4 N–H and O–H groups in total. The maximum Gasteiger partial charge on any atom is 0.231 e. The lowest BCUT2D eigenvalue weighted by atomic mass is 10.1. The van der Waals surface area contributed by atoms with E-state index in [1.807, 2.05) is 30.3 Å². The molecule has 2 aromatic carbocycles. The van der Waals surface area contributed by atoms with Gasteiger partial charge in [0.15, 0.2) is 11.5 Å². The molecule has 0 saturated heterocycles. The second-order valence-corrected chi connectivity index (χ2v) is 5.69. The number of nitrogens with one attached hydrogen (secondary N) is 1. The average Bonchev–Trinajstić information content (AvgIpc) is 3.08. The summed E-state index contributed by atoms with van der Waals surface area (Å²) in [5.74, 6) is 1.68. The Bertz CT molecular complexity index is 1070. The van der Waals surface area contributed by atoms with Gasteiger partial charge in [-0.05, 0) is 42.5 Å². The van der Waals surface area contributed by atoms with E-state index < -0.39 is 0 Å². The molecule has 2 aromatic heterocycles. The van der Waals surface area contributed by atoms with E-state index >= 15 is 0 Å². The number of ether oxygens (including phenoxy) is 1. The minimum absolute atomic E-state index is 0.0394. The molecule has 4 rings (SSSR count). The van der Waals surface area contributed by atoms with Crippen molar-refractivity contribution in [2.24, 2.45) is 0 Å². The van der Waals surface area contributed by atoms with Crippen molar-refractivity contribution in [2.75, 3.05) is 18.2 Å². The Labute approximate surface area is 149 Å². The number of hydrogen-bond acceptors (Lipinski definition) is 7. The Morgan fingerprint density at radius 3 is 2.62 bits per heavy atom. The van der Waals surface area contributed by atoms with E-state index in [-0.39, 0.29) is 5.75 Å². The Hall–Kier alpha value is -3.74. The molecule has 4 aromatic rings. The van der Waals surface area contributed by atoms with Crippen LogP contribution in [0, 0.1) is 0 Å². The number of furan rings is 1. The molecule has 0 atom stereocenters. The molecule has 0 bridgehead atoms. The first kappa shape index (κ1) is 15.8. The second kappa shape index (κ2) is 6.29. The molecule has 26 heavy (non-hydrogen) atoms. The monoisotopic (exact) mass is 348 g/mol. The molecule has 7 heteroatoms. The number of phenolic OH excluding ortho intramolecular Hbond substituents is 1. The molecular formula is C19H16N4O3. The number of anilines is 3. The summed E-state index contributed by atoms with van der Waals surface area (Å²) in [5, 5.41) is 13.8. The molecule has 0 saturated carbocycles. The van der Waals surface area contributed by atoms with Gasteiger partial charge in [-0.15, -0.1) is 0 Å². The topological polar surface area (TPSA) is 106 Å². The third-order valence-electron chi connectivity index (χ3n) is 3.97. The second-order valence-electron chi connectivity index (χ2n) is 5.69. The van der Waals surface area contributed by atoms with Crippen LogP contribution in [-0.4, -0.2) is 22.2 Å². The van der Waals surface area contributed by atoms with E-state index in [1.165, 1.54) is 13.4 Å². The van der Waals surface area contributed by atoms with E-state index in [4.69, 9.17) is 14.9 Å². The number of nitrogen functional groups attached to an aromatic ring is 1. The van der Waals surface area contributed by atoms with Crippen LogP contribution in [0.1, 0.15) is 0 Å². The fraction of sp³-hybridized carbons (Fsp3) is 0.0526. The molecule has 0 spiro atoms. The highest BCUT2D eigenvalue weighted by atomic mass is 16.5. The maximum absolute atomic E-state index is 9.93. The summed E-state index contributed by atoms with van der Waals surface area (Å²) in [7, 11) is 1.50. The zero-order valence-corrected chi connectivity index (χ0v) is 13.9. The molecule has 0 radical (unpaired) electrons. The average molecular weight is 348 g/mol. The van der Waals surface area contributed by atoms with E-state index in [0.29, 0.717) is 34.4 Å². The lowest BCUT2D eigenvalue weighted by molar-refractivity contribution is 0.373. The number of rotatable bonds is 4. The van der Waals surface area contributed by atoms with Crippen molar-refractivity contribution in [3.05, 3.63) is 54.9 Å². The predicted molar refractivity (Wildman–Crippen MR) is 99.6 cm³/mol. The van der Waals surface area contributed by atoms with Gasteiger partial charge >= 0.3 is 0 Å². The van der Waals surface area contributed by atoms with Crippen LogP contribution in [-0.2, 0) is 0 Å². The molecule has 0 aliphatic carbocycles. The smallest absolute Gasteiger partial charge is 0.231 e. The number of aromatic hydroxyl groups is 1. The lowest BCUT2D eigenvalue weighted by Crippen LogP contribution is -1.95. The fourth-order valence-electron chi connectivity index (χ4n) is 2.65. The first-order valence-corrected chi connectivity index (χ1v) is 7.88. The highest BCUT2D eigenvalue weighted by molar-refractivity contribution is 5.91. The van der Waals surface area contributed by atoms with Crippen LogP contribution in [0.15, 0.2) is 59.3 Å². The predicted octanol–water partition coefficient (Wildman–Crippen LogP) is 3.93. The molecule has 2 heterocycles. The van der Waals surface area contributed by atoms with Crippen LogP contribution >= 0.6 is 0 Å². The van der Waals surface area contributed by atoms with Crippen molar-refractivity contribution < 1.29 is 14.3 Å². The van der Waals surface area contributed by atoms with Crippen LogP contribution in [0.5, 0.6) is 11.5 Å². The van der Waals surface area contributed by atoms with Gasteiger partial charge in [0.05, 0.1) is 12.5 Å². The maximum atomic E-state index is 9.93. The number of fused-ring (bicyclic) bond motifs is 1. The van der Waals surface area contributed by atoms with E-state index in [9.17, 15) is 5.11 Å². The fourth-order valence-corrected chi connectivity index (χ4v) is 2.65. The first-order chi connectivity index (χ1) is 12.6. The number of nitrogens with two attached hydrogens (primary N) is 1. The van der Waals surface area contributed by atoms with Crippen LogP contribution in [0.3, 0.4) is 0 Å². The van der Waals surface area contributed by atoms with Gasteiger partial charge in [0.25, 0.3) is 0 Å². The minimum atomic E-state index is 0.0394. The Morgan fingerprint density at radius 1 is 1.08 bits per heavy atom. The largest absolute Gasteiger partial charge is 0.504 e. The highest BCUT2D eigenvalue weighted by Gasteiger charge is 2.13. The summed E-state index contributed by atoms with van der Waals surface area (Å²) in [6, 6.07) is 14.3. The van der Waals surface area contributed by atoms with Crippen LogP contribution in [0.2, 0.25) is 0 Å². The van der Waals surface area contributed by atoms with Crippen molar-refractivity contribution in [3.63, 3.8) is 0 Å². The van der Waals surface area contributed by atoms with Crippen molar-refractivity contribution in [1.29, 1.82) is 0 Å². The number of nitrogens with zero attached hydrogens (tertiary/aromatic N) is 2. The Balaban J connectivity index is 1.71. The summed E-state index contributed by atoms with van der Waals surface area (Å²) in [4.78, 5) is 8.46. The Morgan fingerprint density at radius 2 is 1.88 bits per heavy atom. The van der Waals surface area contributed by atoms with Crippen molar-refractivity contribution in [3.8, 4) is 22.8 Å². The number of aromatic nitrogens is 2. The third kappa shape index (κ3) is 2.86. The van der Waals surface area contributed by atoms with Gasteiger partial charge in [0, 0.05) is 23.0 Å². The molecular weight excluding hydrogens is 332 g/mol. The van der Waals surface area contributed by atoms with Crippen LogP contribution in [0.25, 0.3) is 22.4 Å². The summed E-state index contributed by atoms with van der Waals surface area (Å²) in [5.41, 5.74) is 8.44. The molecule has 0 aliphatic heterocycles. The zero-order valence-electron chi connectivity index (χ0n) is 13.9. The first-order valence-electron chi connectivity index (χ1n) is 7.88. The van der Waals surface area contributed by atoms with Gasteiger partial charge in [-0.2, -0.15) is 0 Å². The van der Waals surface area contributed by atoms with Crippen LogP contribution in [0.4, 0.5) is 17.2 Å². The van der Waals surface area contributed by atoms with Gasteiger partial charge in [0.1, 0.15) is 17.9 Å². The van der Waals surface area contributed by atoms with Gasteiger partial charge < -0.3 is 25.3 Å². The summed E-state index contributed by atoms with van der Waals surface area (Å²) in [6.07, 6.45) is 1.42. The zero-order chi connectivity index (χ0) is 18.1. The van der Waals surface area contributed by atoms with Gasteiger partial charge in [-0.3, -0.25) is 0 Å².